The maximum Gasteiger partial charge on any atom is 0.251 e. The monoisotopic (exact) mass is 349 g/mol. The Bertz CT molecular complexity index is 1050. The second kappa shape index (κ2) is 6.45. The van der Waals surface area contributed by atoms with Gasteiger partial charge in [-0.25, -0.2) is 0 Å². The molecule has 0 fully saturated rings. The summed E-state index contributed by atoms with van der Waals surface area (Å²) >= 11 is 1.29. The molecule has 0 spiro atoms. The quantitative estimate of drug-likeness (QED) is 0.528. The second-order valence-electron chi connectivity index (χ2n) is 5.62. The van der Waals surface area contributed by atoms with Gasteiger partial charge in [0, 0.05) is 5.39 Å². The molecule has 7 heteroatoms. The van der Waals surface area contributed by atoms with E-state index in [1.54, 1.807) is 5.51 Å². The van der Waals surface area contributed by atoms with Crippen LogP contribution in [0, 0.1) is 6.92 Å². The van der Waals surface area contributed by atoms with Crippen LogP contribution in [0.25, 0.3) is 10.9 Å². The smallest absolute Gasteiger partial charge is 0.251 e. The topological polar surface area (TPSA) is 75.7 Å². The minimum absolute atomic E-state index is 0.0951. The largest absolute Gasteiger partial charge is 0.493 e. The predicted octanol–water partition coefficient (Wildman–Crippen LogP) is 4.97. The third kappa shape index (κ3) is 2.89. The standard InChI is InChI=1S/C18H15N5OS/c1-12-6-2-3-7-13(12)10-23-15-9-5-4-8-14(15)16(17(23)24)20-22-18-21-19-11-25-18/h2-9,11,24H,10H2,1H3. The molecule has 2 aromatic carbocycles. The minimum atomic E-state index is 0.0951. The van der Waals surface area contributed by atoms with Crippen LogP contribution in [0.1, 0.15) is 11.1 Å². The number of para-hydroxylation sites is 1. The summed E-state index contributed by atoms with van der Waals surface area (Å²) in [7, 11) is 0. The molecule has 2 heterocycles. The van der Waals surface area contributed by atoms with Crippen molar-refractivity contribution in [3.63, 3.8) is 0 Å². The average Bonchev–Trinajstić information content (AvgIpc) is 3.23. The van der Waals surface area contributed by atoms with Crippen LogP contribution in [0.2, 0.25) is 0 Å². The van der Waals surface area contributed by atoms with Crippen LogP contribution in [-0.2, 0) is 6.54 Å². The summed E-state index contributed by atoms with van der Waals surface area (Å²) in [6, 6.07) is 15.9. The highest BCUT2D eigenvalue weighted by Crippen LogP contribution is 2.40. The molecular weight excluding hydrogens is 334 g/mol. The summed E-state index contributed by atoms with van der Waals surface area (Å²) in [6.45, 7) is 2.63. The predicted molar refractivity (Wildman–Crippen MR) is 98.0 cm³/mol. The van der Waals surface area contributed by atoms with Gasteiger partial charge in [-0.05, 0) is 24.1 Å². The van der Waals surface area contributed by atoms with Crippen molar-refractivity contribution in [2.24, 2.45) is 10.2 Å². The molecule has 0 saturated heterocycles. The molecule has 0 amide bonds. The first-order chi connectivity index (χ1) is 12.2. The highest BCUT2D eigenvalue weighted by molar-refractivity contribution is 7.13. The Kier molecular flexibility index (Phi) is 3.99. The first-order valence-corrected chi connectivity index (χ1v) is 8.64. The third-order valence-corrected chi connectivity index (χ3v) is 4.67. The van der Waals surface area contributed by atoms with E-state index >= 15 is 0 Å². The fourth-order valence-electron chi connectivity index (χ4n) is 2.79. The van der Waals surface area contributed by atoms with E-state index in [1.807, 2.05) is 41.0 Å². The first-order valence-electron chi connectivity index (χ1n) is 7.76. The molecule has 0 atom stereocenters. The molecule has 25 heavy (non-hydrogen) atoms. The molecule has 0 aliphatic carbocycles. The van der Waals surface area contributed by atoms with E-state index in [-0.39, 0.29) is 5.88 Å². The Balaban J connectivity index is 1.82. The molecule has 0 unspecified atom stereocenters. The second-order valence-corrected chi connectivity index (χ2v) is 6.43. The van der Waals surface area contributed by atoms with Crippen LogP contribution in [-0.4, -0.2) is 19.9 Å². The third-order valence-electron chi connectivity index (χ3n) is 4.09. The van der Waals surface area contributed by atoms with E-state index in [0.717, 1.165) is 16.5 Å². The van der Waals surface area contributed by atoms with E-state index < -0.39 is 0 Å². The van der Waals surface area contributed by atoms with E-state index in [4.69, 9.17) is 0 Å². The van der Waals surface area contributed by atoms with Crippen molar-refractivity contribution in [1.29, 1.82) is 0 Å². The van der Waals surface area contributed by atoms with Gasteiger partial charge in [-0.2, -0.15) is 0 Å². The number of aryl methyl sites for hydroxylation is 1. The number of benzene rings is 2. The first kappa shape index (κ1) is 15.5. The molecule has 124 valence electrons. The van der Waals surface area contributed by atoms with E-state index in [1.165, 1.54) is 16.9 Å². The van der Waals surface area contributed by atoms with Crippen molar-refractivity contribution >= 4 is 33.1 Å². The van der Waals surface area contributed by atoms with Crippen molar-refractivity contribution in [3.8, 4) is 5.88 Å². The lowest BCUT2D eigenvalue weighted by Crippen LogP contribution is -2.00. The normalized spacial score (nSPS) is 11.6. The van der Waals surface area contributed by atoms with Gasteiger partial charge in [0.05, 0.1) is 12.1 Å². The highest BCUT2D eigenvalue weighted by Gasteiger charge is 2.17. The summed E-state index contributed by atoms with van der Waals surface area (Å²) in [5, 5.41) is 28.0. The summed E-state index contributed by atoms with van der Waals surface area (Å²) in [5.74, 6) is 0.0951. The van der Waals surface area contributed by atoms with Gasteiger partial charge in [0.1, 0.15) is 5.51 Å². The Morgan fingerprint density at radius 3 is 2.68 bits per heavy atom. The Morgan fingerprint density at radius 2 is 1.88 bits per heavy atom. The molecular formula is C18H15N5OS. The molecule has 0 aliphatic rings. The maximum atomic E-state index is 10.8. The van der Waals surface area contributed by atoms with Crippen molar-refractivity contribution in [3.05, 3.63) is 65.2 Å². The Morgan fingerprint density at radius 1 is 1.08 bits per heavy atom. The molecule has 4 aromatic rings. The van der Waals surface area contributed by atoms with Crippen LogP contribution in [0.4, 0.5) is 10.8 Å². The van der Waals surface area contributed by atoms with E-state index in [9.17, 15) is 5.11 Å². The molecule has 0 saturated carbocycles. The van der Waals surface area contributed by atoms with Gasteiger partial charge in [-0.1, -0.05) is 53.8 Å². The van der Waals surface area contributed by atoms with Gasteiger partial charge in [-0.3, -0.25) is 0 Å². The summed E-state index contributed by atoms with van der Waals surface area (Å²) in [6.07, 6.45) is 0. The Labute approximate surface area is 148 Å². The Hall–Kier alpha value is -3.06. The zero-order chi connectivity index (χ0) is 17.2. The van der Waals surface area contributed by atoms with Gasteiger partial charge in [0.25, 0.3) is 5.13 Å². The molecule has 0 aliphatic heterocycles. The number of rotatable bonds is 4. The average molecular weight is 349 g/mol. The number of fused-ring (bicyclic) bond motifs is 1. The minimum Gasteiger partial charge on any atom is -0.493 e. The van der Waals surface area contributed by atoms with E-state index in [2.05, 4.69) is 39.5 Å². The van der Waals surface area contributed by atoms with Crippen LogP contribution in [0.5, 0.6) is 5.88 Å². The number of hydrogen-bond donors (Lipinski definition) is 1. The molecule has 0 radical (unpaired) electrons. The highest BCUT2D eigenvalue weighted by atomic mass is 32.1. The van der Waals surface area contributed by atoms with Gasteiger partial charge < -0.3 is 9.67 Å². The maximum absolute atomic E-state index is 10.8. The SMILES string of the molecule is Cc1ccccc1Cn1c(O)c(N=Nc2nncs2)c2ccccc21. The van der Waals surface area contributed by atoms with Crippen molar-refractivity contribution in [1.82, 2.24) is 14.8 Å². The number of nitrogens with zero attached hydrogens (tertiary/aromatic N) is 5. The molecule has 0 bridgehead atoms. The zero-order valence-corrected chi connectivity index (χ0v) is 14.3. The fourth-order valence-corrected chi connectivity index (χ4v) is 3.16. The lowest BCUT2D eigenvalue weighted by atomic mass is 10.1. The number of hydrogen-bond acceptors (Lipinski definition) is 6. The number of azo groups is 1. The van der Waals surface area contributed by atoms with Gasteiger partial charge in [-0.15, -0.1) is 20.4 Å². The van der Waals surface area contributed by atoms with Crippen LogP contribution in [0.3, 0.4) is 0 Å². The number of aromatic hydroxyl groups is 1. The zero-order valence-electron chi connectivity index (χ0n) is 13.5. The summed E-state index contributed by atoms with van der Waals surface area (Å²) in [4.78, 5) is 0. The summed E-state index contributed by atoms with van der Waals surface area (Å²) in [5.41, 5.74) is 5.27. The van der Waals surface area contributed by atoms with Crippen LogP contribution >= 0.6 is 11.3 Å². The van der Waals surface area contributed by atoms with Gasteiger partial charge in [0.2, 0.25) is 5.88 Å². The van der Waals surface area contributed by atoms with Crippen molar-refractivity contribution < 1.29 is 5.11 Å². The van der Waals surface area contributed by atoms with Crippen molar-refractivity contribution in [2.45, 2.75) is 13.5 Å². The summed E-state index contributed by atoms with van der Waals surface area (Å²) < 4.78 is 1.85. The van der Waals surface area contributed by atoms with Gasteiger partial charge >= 0.3 is 0 Å². The number of aromatic nitrogens is 3. The van der Waals surface area contributed by atoms with E-state index in [0.29, 0.717) is 17.4 Å². The lowest BCUT2D eigenvalue weighted by molar-refractivity contribution is 0.429. The molecule has 2 aromatic heterocycles. The van der Waals surface area contributed by atoms with Crippen LogP contribution in [0.15, 0.2) is 64.3 Å². The van der Waals surface area contributed by atoms with Crippen molar-refractivity contribution in [2.75, 3.05) is 0 Å². The fraction of sp³-hybridized carbons (Fsp3) is 0.111. The molecule has 4 rings (SSSR count). The molecule has 1 N–H and O–H groups in total. The molecule has 6 nitrogen and oxygen atoms in total. The lowest BCUT2D eigenvalue weighted by Gasteiger charge is -2.09. The van der Waals surface area contributed by atoms with Gasteiger partial charge in [0.15, 0.2) is 5.69 Å². The van der Waals surface area contributed by atoms with Crippen LogP contribution < -0.4 is 0 Å².